The van der Waals surface area contributed by atoms with Crippen molar-refractivity contribution in [2.45, 2.75) is 6.92 Å². The average molecular weight is 537 g/mol. The number of carbonyl (C=O) groups excluding carboxylic acids is 3. The lowest BCUT2D eigenvalue weighted by molar-refractivity contribution is -0.122. The SMILES string of the molecule is CCOc1cc(C=C2C(=O)NC(=O)N(c3ccc(Cl)cc3)C2=O)ccc1OCCOc1cccc(OC)c1. The van der Waals surface area contributed by atoms with Crippen LogP contribution in [0.4, 0.5) is 10.5 Å². The molecule has 1 saturated heterocycles. The van der Waals surface area contributed by atoms with Crippen molar-refractivity contribution in [2.24, 2.45) is 0 Å². The molecule has 0 spiro atoms. The van der Waals surface area contributed by atoms with Crippen LogP contribution in [0.3, 0.4) is 0 Å². The summed E-state index contributed by atoms with van der Waals surface area (Å²) in [4.78, 5) is 38.9. The number of methoxy groups -OCH3 is 1. The molecule has 0 aromatic heterocycles. The first-order chi connectivity index (χ1) is 18.4. The van der Waals surface area contributed by atoms with E-state index in [4.69, 9.17) is 30.5 Å². The molecule has 0 atom stereocenters. The lowest BCUT2D eigenvalue weighted by Gasteiger charge is -2.26. The van der Waals surface area contributed by atoms with E-state index in [0.29, 0.717) is 40.2 Å². The molecule has 0 bridgehead atoms. The zero-order chi connectivity index (χ0) is 27.1. The molecule has 1 N–H and O–H groups in total. The van der Waals surface area contributed by atoms with E-state index in [2.05, 4.69) is 5.32 Å². The second-order valence-corrected chi connectivity index (χ2v) is 8.39. The predicted molar refractivity (Wildman–Crippen MR) is 142 cm³/mol. The van der Waals surface area contributed by atoms with Crippen LogP contribution in [0.25, 0.3) is 6.08 Å². The maximum Gasteiger partial charge on any atom is 0.335 e. The van der Waals surface area contributed by atoms with Gasteiger partial charge in [-0.15, -0.1) is 0 Å². The number of rotatable bonds is 10. The van der Waals surface area contributed by atoms with Crippen LogP contribution in [0, 0.1) is 0 Å². The lowest BCUT2D eigenvalue weighted by Crippen LogP contribution is -2.54. The quantitative estimate of drug-likeness (QED) is 0.224. The first kappa shape index (κ1) is 26.6. The van der Waals surface area contributed by atoms with Crippen LogP contribution in [0.5, 0.6) is 23.0 Å². The van der Waals surface area contributed by atoms with Crippen LogP contribution in [-0.4, -0.2) is 44.8 Å². The zero-order valence-electron chi connectivity index (χ0n) is 20.7. The van der Waals surface area contributed by atoms with Gasteiger partial charge >= 0.3 is 6.03 Å². The Balaban J connectivity index is 1.49. The summed E-state index contributed by atoms with van der Waals surface area (Å²) in [5, 5.41) is 2.64. The number of hydrogen-bond donors (Lipinski definition) is 1. The number of benzene rings is 3. The van der Waals surface area contributed by atoms with Crippen LogP contribution in [0.1, 0.15) is 12.5 Å². The summed E-state index contributed by atoms with van der Waals surface area (Å²) in [5.41, 5.74) is 0.588. The van der Waals surface area contributed by atoms with Gasteiger partial charge in [-0.1, -0.05) is 23.7 Å². The number of nitrogens with zero attached hydrogens (tertiary/aromatic N) is 1. The van der Waals surface area contributed by atoms with Crippen molar-refractivity contribution < 1.29 is 33.3 Å². The largest absolute Gasteiger partial charge is 0.497 e. The molecule has 38 heavy (non-hydrogen) atoms. The lowest BCUT2D eigenvalue weighted by atomic mass is 10.1. The van der Waals surface area contributed by atoms with E-state index in [1.54, 1.807) is 43.5 Å². The van der Waals surface area contributed by atoms with Gasteiger partial charge in [0.25, 0.3) is 11.8 Å². The number of anilines is 1. The molecule has 4 rings (SSSR count). The third-order valence-corrected chi connectivity index (χ3v) is 5.67. The molecule has 3 aromatic rings. The van der Waals surface area contributed by atoms with Crippen LogP contribution < -0.4 is 29.2 Å². The van der Waals surface area contributed by atoms with Crippen molar-refractivity contribution in [3.8, 4) is 23.0 Å². The molecule has 4 amide bonds. The normalized spacial score (nSPS) is 14.3. The number of nitrogens with one attached hydrogen (secondary N) is 1. The van der Waals surface area contributed by atoms with Crippen molar-refractivity contribution in [1.29, 1.82) is 0 Å². The van der Waals surface area contributed by atoms with Crippen molar-refractivity contribution >= 4 is 41.2 Å². The van der Waals surface area contributed by atoms with Crippen LogP contribution in [0.2, 0.25) is 5.02 Å². The second-order valence-electron chi connectivity index (χ2n) is 7.95. The van der Waals surface area contributed by atoms with Gasteiger partial charge in [-0.05, 0) is 67.1 Å². The molecule has 1 aliphatic rings. The Labute approximate surface area is 224 Å². The highest BCUT2D eigenvalue weighted by Gasteiger charge is 2.36. The first-order valence-electron chi connectivity index (χ1n) is 11.7. The molecular formula is C28H25ClN2O7. The van der Waals surface area contributed by atoms with Crippen molar-refractivity contribution in [2.75, 3.05) is 31.8 Å². The molecule has 1 fully saturated rings. The Morgan fingerprint density at radius 1 is 0.868 bits per heavy atom. The van der Waals surface area contributed by atoms with Crippen molar-refractivity contribution in [1.82, 2.24) is 5.32 Å². The predicted octanol–water partition coefficient (Wildman–Crippen LogP) is 4.87. The van der Waals surface area contributed by atoms with E-state index >= 15 is 0 Å². The van der Waals surface area contributed by atoms with Gasteiger partial charge in [-0.25, -0.2) is 9.69 Å². The molecule has 0 saturated carbocycles. The van der Waals surface area contributed by atoms with Gasteiger partial charge in [0, 0.05) is 11.1 Å². The molecule has 1 aliphatic heterocycles. The standard InChI is InChI=1S/C28H25ClN2O7/c1-3-36-25-16-18(7-12-24(25)38-14-13-37-22-6-4-5-21(17-22)35-2)15-23-26(32)30-28(34)31(27(23)33)20-10-8-19(29)9-11-20/h4-12,15-17H,3,13-14H2,1-2H3,(H,30,32,34). The summed E-state index contributed by atoms with van der Waals surface area (Å²) in [6.45, 7) is 2.73. The maximum atomic E-state index is 13.1. The third-order valence-electron chi connectivity index (χ3n) is 5.42. The van der Waals surface area contributed by atoms with Crippen molar-refractivity contribution in [3.05, 3.63) is 82.9 Å². The molecular weight excluding hydrogens is 512 g/mol. The second kappa shape index (κ2) is 12.2. The summed E-state index contributed by atoms with van der Waals surface area (Å²) in [6, 6.07) is 17.6. The Morgan fingerprint density at radius 2 is 1.61 bits per heavy atom. The molecule has 196 valence electrons. The van der Waals surface area contributed by atoms with E-state index in [0.717, 1.165) is 4.90 Å². The topological polar surface area (TPSA) is 103 Å². The monoisotopic (exact) mass is 536 g/mol. The molecule has 10 heteroatoms. The van der Waals surface area contributed by atoms with Gasteiger partial charge in [0.05, 0.1) is 19.4 Å². The van der Waals surface area contributed by atoms with Gasteiger partial charge in [0.15, 0.2) is 11.5 Å². The van der Waals surface area contributed by atoms with E-state index in [1.807, 2.05) is 25.1 Å². The number of carbonyl (C=O) groups is 3. The smallest absolute Gasteiger partial charge is 0.335 e. The number of amides is 4. The number of barbiturate groups is 1. The number of halogens is 1. The Kier molecular flexibility index (Phi) is 8.50. The van der Waals surface area contributed by atoms with Crippen molar-refractivity contribution in [3.63, 3.8) is 0 Å². The van der Waals surface area contributed by atoms with Gasteiger partial charge in [-0.3, -0.25) is 14.9 Å². The maximum absolute atomic E-state index is 13.1. The highest BCUT2D eigenvalue weighted by atomic mass is 35.5. The Morgan fingerprint density at radius 3 is 2.34 bits per heavy atom. The van der Waals surface area contributed by atoms with Crippen LogP contribution in [-0.2, 0) is 9.59 Å². The minimum Gasteiger partial charge on any atom is -0.497 e. The van der Waals surface area contributed by atoms with Crippen LogP contribution >= 0.6 is 11.6 Å². The Bertz CT molecular complexity index is 1370. The summed E-state index contributed by atoms with van der Waals surface area (Å²) in [6.07, 6.45) is 1.39. The number of urea groups is 1. The molecule has 9 nitrogen and oxygen atoms in total. The molecule has 3 aromatic carbocycles. The minimum atomic E-state index is -0.839. The average Bonchev–Trinajstić information content (AvgIpc) is 2.91. The van der Waals surface area contributed by atoms with Crippen LogP contribution in [0.15, 0.2) is 72.3 Å². The molecule has 1 heterocycles. The highest BCUT2D eigenvalue weighted by molar-refractivity contribution is 6.39. The summed E-state index contributed by atoms with van der Waals surface area (Å²) < 4.78 is 22.4. The molecule has 0 radical (unpaired) electrons. The third kappa shape index (κ3) is 6.24. The van der Waals surface area contributed by atoms with Gasteiger partial charge in [-0.2, -0.15) is 0 Å². The van der Waals surface area contributed by atoms with E-state index in [9.17, 15) is 14.4 Å². The fourth-order valence-electron chi connectivity index (χ4n) is 3.65. The fourth-order valence-corrected chi connectivity index (χ4v) is 3.78. The zero-order valence-corrected chi connectivity index (χ0v) is 21.5. The fraction of sp³-hybridized carbons (Fsp3) is 0.179. The summed E-state index contributed by atoms with van der Waals surface area (Å²) in [5.74, 6) is 0.699. The number of ether oxygens (including phenoxy) is 4. The summed E-state index contributed by atoms with van der Waals surface area (Å²) in [7, 11) is 1.59. The minimum absolute atomic E-state index is 0.206. The van der Waals surface area contributed by atoms with E-state index < -0.39 is 17.8 Å². The van der Waals surface area contributed by atoms with E-state index in [-0.39, 0.29) is 24.5 Å². The summed E-state index contributed by atoms with van der Waals surface area (Å²) >= 11 is 5.91. The Hall–Kier alpha value is -4.50. The number of imide groups is 2. The van der Waals surface area contributed by atoms with E-state index in [1.165, 1.54) is 18.2 Å². The molecule has 0 aliphatic carbocycles. The molecule has 0 unspecified atom stereocenters. The number of hydrogen-bond acceptors (Lipinski definition) is 7. The van der Waals surface area contributed by atoms with Gasteiger partial charge in [0.1, 0.15) is 30.3 Å². The van der Waals surface area contributed by atoms with Gasteiger partial charge < -0.3 is 18.9 Å². The van der Waals surface area contributed by atoms with Gasteiger partial charge in [0.2, 0.25) is 0 Å². The first-order valence-corrected chi connectivity index (χ1v) is 12.1. The highest BCUT2D eigenvalue weighted by Crippen LogP contribution is 2.30.